The van der Waals surface area contributed by atoms with Crippen LogP contribution in [0, 0.1) is 28.6 Å². The summed E-state index contributed by atoms with van der Waals surface area (Å²) in [5.74, 6) is 1.88. The van der Waals surface area contributed by atoms with Crippen molar-refractivity contribution < 1.29 is 20.1 Å². The lowest BCUT2D eigenvalue weighted by atomic mass is 9.43. The van der Waals surface area contributed by atoms with Crippen molar-refractivity contribution in [2.24, 2.45) is 28.6 Å². The van der Waals surface area contributed by atoms with Gasteiger partial charge in [0.2, 0.25) is 0 Å². The molecule has 0 amide bonds. The van der Waals surface area contributed by atoms with Gasteiger partial charge in [-0.1, -0.05) is 13.8 Å². The highest BCUT2D eigenvalue weighted by Gasteiger charge is 2.68. The second-order valence-corrected chi connectivity index (χ2v) is 10.9. The van der Waals surface area contributed by atoms with E-state index in [0.717, 1.165) is 57.8 Å². The molecule has 0 aromatic rings. The van der Waals surface area contributed by atoms with Crippen LogP contribution in [0.15, 0.2) is 0 Å². The van der Waals surface area contributed by atoms with E-state index in [9.17, 15) is 15.3 Å². The molecule has 4 heteroatoms. The second-order valence-electron chi connectivity index (χ2n) is 10.9. The number of fused-ring (bicyclic) bond motifs is 6. The molecule has 0 aromatic heterocycles. The number of rotatable bonds is 0. The van der Waals surface area contributed by atoms with Crippen molar-refractivity contribution in [1.82, 2.24) is 0 Å². The lowest BCUT2D eigenvalue weighted by Gasteiger charge is -2.64. The van der Waals surface area contributed by atoms with Crippen LogP contribution in [0.25, 0.3) is 0 Å². The summed E-state index contributed by atoms with van der Waals surface area (Å²) in [6.07, 6.45) is 9.78. The molecule has 1 heterocycles. The molecule has 0 unspecified atom stereocenters. The van der Waals surface area contributed by atoms with Gasteiger partial charge >= 0.3 is 0 Å². The number of aliphatic hydroxyl groups is 3. The highest BCUT2D eigenvalue weighted by molar-refractivity contribution is 5.18. The van der Waals surface area contributed by atoms with Gasteiger partial charge in [-0.2, -0.15) is 0 Å². The Morgan fingerprint density at radius 1 is 0.769 bits per heavy atom. The van der Waals surface area contributed by atoms with Crippen molar-refractivity contribution in [3.05, 3.63) is 0 Å². The van der Waals surface area contributed by atoms with Crippen LogP contribution in [-0.4, -0.2) is 38.9 Å². The molecule has 1 saturated heterocycles. The number of aliphatic hydroxyl groups excluding tert-OH is 2. The molecular formula is C22H36O4. The first kappa shape index (κ1) is 17.9. The third kappa shape index (κ3) is 2.05. The van der Waals surface area contributed by atoms with Crippen molar-refractivity contribution in [3.8, 4) is 0 Å². The topological polar surface area (TPSA) is 69.9 Å². The Morgan fingerprint density at radius 3 is 2.15 bits per heavy atom. The summed E-state index contributed by atoms with van der Waals surface area (Å²) >= 11 is 0. The van der Waals surface area contributed by atoms with E-state index in [-0.39, 0.29) is 22.5 Å². The fraction of sp³-hybridized carbons (Fsp3) is 1.00. The zero-order valence-corrected chi connectivity index (χ0v) is 16.4. The Hall–Kier alpha value is -0.160. The molecule has 1 aliphatic heterocycles. The van der Waals surface area contributed by atoms with E-state index in [0.29, 0.717) is 24.2 Å². The molecule has 4 nitrogen and oxygen atoms in total. The zero-order chi connectivity index (χ0) is 18.4. The largest absolute Gasteiger partial charge is 0.393 e. The van der Waals surface area contributed by atoms with Gasteiger partial charge in [0, 0.05) is 12.8 Å². The van der Waals surface area contributed by atoms with Gasteiger partial charge in [-0.05, 0) is 86.4 Å². The molecule has 0 radical (unpaired) electrons. The van der Waals surface area contributed by atoms with Gasteiger partial charge in [0.15, 0.2) is 6.29 Å². The van der Waals surface area contributed by atoms with Crippen LogP contribution < -0.4 is 0 Å². The Balaban J connectivity index is 1.46. The number of ether oxygens (including phenoxy) is 1. The van der Waals surface area contributed by atoms with E-state index in [1.807, 2.05) is 0 Å². The van der Waals surface area contributed by atoms with Crippen molar-refractivity contribution in [2.75, 3.05) is 0 Å². The van der Waals surface area contributed by atoms with Crippen LogP contribution in [0.2, 0.25) is 0 Å². The molecule has 1 spiro atoms. The minimum atomic E-state index is -0.685. The maximum absolute atomic E-state index is 11.5. The molecule has 5 rings (SSSR count). The van der Waals surface area contributed by atoms with E-state index in [1.165, 1.54) is 6.42 Å². The van der Waals surface area contributed by atoms with Gasteiger partial charge in [-0.15, -0.1) is 0 Å². The molecule has 0 aromatic carbocycles. The summed E-state index contributed by atoms with van der Waals surface area (Å²) in [5, 5.41) is 31.7. The van der Waals surface area contributed by atoms with Crippen molar-refractivity contribution in [1.29, 1.82) is 0 Å². The molecule has 0 bridgehead atoms. The number of hydrogen-bond donors (Lipinski definition) is 3. The van der Waals surface area contributed by atoms with Crippen LogP contribution >= 0.6 is 0 Å². The molecule has 4 aliphatic carbocycles. The molecule has 3 N–H and O–H groups in total. The molecule has 9 atom stereocenters. The van der Waals surface area contributed by atoms with Crippen LogP contribution in [0.1, 0.15) is 84.5 Å². The summed E-state index contributed by atoms with van der Waals surface area (Å²) in [6, 6.07) is 0. The minimum Gasteiger partial charge on any atom is -0.393 e. The van der Waals surface area contributed by atoms with E-state index in [2.05, 4.69) is 13.8 Å². The monoisotopic (exact) mass is 364 g/mol. The van der Waals surface area contributed by atoms with Crippen LogP contribution in [0.4, 0.5) is 0 Å². The normalized spacial score (nSPS) is 62.0. The van der Waals surface area contributed by atoms with Gasteiger partial charge < -0.3 is 20.1 Å². The van der Waals surface area contributed by atoms with Gasteiger partial charge in [0.25, 0.3) is 0 Å². The molecule has 26 heavy (non-hydrogen) atoms. The van der Waals surface area contributed by atoms with E-state index in [1.54, 1.807) is 0 Å². The predicted molar refractivity (Wildman–Crippen MR) is 98.3 cm³/mol. The fourth-order valence-electron chi connectivity index (χ4n) is 8.66. The summed E-state index contributed by atoms with van der Waals surface area (Å²) in [4.78, 5) is 0. The third-order valence-electron chi connectivity index (χ3n) is 10.2. The van der Waals surface area contributed by atoms with E-state index < -0.39 is 11.9 Å². The van der Waals surface area contributed by atoms with Crippen molar-refractivity contribution >= 4 is 0 Å². The number of hydrogen-bond acceptors (Lipinski definition) is 4. The average molecular weight is 365 g/mol. The lowest BCUT2D eigenvalue weighted by Crippen LogP contribution is -2.63. The molecule has 4 saturated carbocycles. The Labute approximate surface area is 157 Å². The maximum atomic E-state index is 11.5. The van der Waals surface area contributed by atoms with Gasteiger partial charge in [-0.25, -0.2) is 0 Å². The van der Waals surface area contributed by atoms with E-state index in [4.69, 9.17) is 4.74 Å². The molecule has 5 aliphatic rings. The first-order chi connectivity index (χ1) is 12.2. The predicted octanol–water partition coefficient (Wildman–Crippen LogP) is 3.37. The lowest BCUT2D eigenvalue weighted by molar-refractivity contribution is -0.236. The second kappa shape index (κ2) is 5.46. The first-order valence-corrected chi connectivity index (χ1v) is 11.0. The van der Waals surface area contributed by atoms with Crippen molar-refractivity contribution in [2.45, 2.75) is 108 Å². The quantitative estimate of drug-likeness (QED) is 0.616. The van der Waals surface area contributed by atoms with Crippen LogP contribution in [0.5, 0.6) is 0 Å². The maximum Gasteiger partial charge on any atom is 0.155 e. The molecule has 148 valence electrons. The standard InChI is InChI=1S/C22H36O4/c1-19-8-3-14(23)13-21(19,25)10-4-15-16(19)5-9-20(2)17(15)6-11-22(20)12-7-18(24)26-22/h14-18,23-25H,3-13H2,1-2H3/t14-,15-,16+,17+,18-,19-,20+,21+,22-/m1/s1. The Morgan fingerprint density at radius 2 is 1.42 bits per heavy atom. The van der Waals surface area contributed by atoms with Crippen molar-refractivity contribution in [3.63, 3.8) is 0 Å². The van der Waals surface area contributed by atoms with Gasteiger partial charge in [0.1, 0.15) is 0 Å². The van der Waals surface area contributed by atoms with Gasteiger partial charge in [-0.3, -0.25) is 0 Å². The highest BCUT2D eigenvalue weighted by atomic mass is 16.6. The Bertz CT molecular complexity index is 595. The summed E-state index contributed by atoms with van der Waals surface area (Å²) in [7, 11) is 0. The average Bonchev–Trinajstić information content (AvgIpc) is 3.10. The van der Waals surface area contributed by atoms with Crippen LogP contribution in [-0.2, 0) is 4.74 Å². The third-order valence-corrected chi connectivity index (χ3v) is 10.2. The highest BCUT2D eigenvalue weighted by Crippen LogP contribution is 2.71. The Kier molecular flexibility index (Phi) is 3.76. The van der Waals surface area contributed by atoms with Gasteiger partial charge in [0.05, 0.1) is 17.3 Å². The summed E-state index contributed by atoms with van der Waals surface area (Å²) in [6.45, 7) is 4.76. The van der Waals surface area contributed by atoms with E-state index >= 15 is 0 Å². The zero-order valence-electron chi connectivity index (χ0n) is 16.4. The smallest absolute Gasteiger partial charge is 0.155 e. The first-order valence-electron chi connectivity index (χ1n) is 11.0. The minimum absolute atomic E-state index is 0.0533. The van der Waals surface area contributed by atoms with Crippen LogP contribution in [0.3, 0.4) is 0 Å². The molecular weight excluding hydrogens is 328 g/mol. The molecule has 5 fully saturated rings. The summed E-state index contributed by atoms with van der Waals surface area (Å²) in [5.41, 5.74) is -0.677. The summed E-state index contributed by atoms with van der Waals surface area (Å²) < 4.78 is 6.20. The SMILES string of the molecule is C[C@]12CC[C@H]3[C@@H](CC[C@]4(O)C[C@H](O)CC[C@]34C)[C@@H]1CC[C@@]21CC[C@H](O)O1. The fourth-order valence-corrected chi connectivity index (χ4v) is 8.66.